The van der Waals surface area contributed by atoms with Gasteiger partial charge < -0.3 is 4.74 Å². The van der Waals surface area contributed by atoms with Crippen LogP contribution in [0.3, 0.4) is 0 Å². The number of nitrogens with zero attached hydrogens (tertiary/aromatic N) is 2. The molecule has 3 rings (SSSR count). The van der Waals surface area contributed by atoms with Gasteiger partial charge in [0.2, 0.25) is 0 Å². The smallest absolute Gasteiger partial charge is 0.266 e. The molecule has 1 heterocycles. The van der Waals surface area contributed by atoms with Crippen LogP contribution in [0.15, 0.2) is 58.4 Å². The molecule has 1 fully saturated rings. The average Bonchev–Trinajstić information content (AvgIpc) is 2.92. The van der Waals surface area contributed by atoms with Gasteiger partial charge in [-0.05, 0) is 67.1 Å². The number of likely N-dealkylation sites (N-methyl/N-ethyl adjacent to an activating group) is 1. The Kier molecular flexibility index (Phi) is 5.24. The average molecular weight is 352 g/mol. The molecule has 0 aliphatic carbocycles. The molecule has 0 unspecified atom stereocenters. The van der Waals surface area contributed by atoms with Crippen LogP contribution in [-0.4, -0.2) is 29.6 Å². The third-order valence-electron chi connectivity index (χ3n) is 3.98. The van der Waals surface area contributed by atoms with Gasteiger partial charge in [0.15, 0.2) is 5.17 Å². The first-order valence-electron chi connectivity index (χ1n) is 8.12. The Morgan fingerprint density at radius 2 is 1.88 bits per heavy atom. The number of carbonyl (C=O) groups is 1. The Bertz CT molecular complexity index is 841. The van der Waals surface area contributed by atoms with Crippen LogP contribution in [0.2, 0.25) is 0 Å². The summed E-state index contributed by atoms with van der Waals surface area (Å²) in [6, 6.07) is 15.5. The molecule has 2 aromatic rings. The molecule has 5 heteroatoms. The minimum absolute atomic E-state index is 0.00279. The minimum atomic E-state index is 0.00279. The predicted octanol–water partition coefficient (Wildman–Crippen LogP) is 4.63. The molecule has 1 amide bonds. The first-order chi connectivity index (χ1) is 12.1. The topological polar surface area (TPSA) is 41.9 Å². The Hall–Kier alpha value is -2.53. The molecule has 0 bridgehead atoms. The first kappa shape index (κ1) is 17.3. The normalized spacial score (nSPS) is 17.6. The number of carbonyl (C=O) groups excluding carboxylic acids is 1. The lowest BCUT2D eigenvalue weighted by molar-refractivity contribution is -0.122. The van der Waals surface area contributed by atoms with E-state index in [-0.39, 0.29) is 5.91 Å². The fraction of sp³-hybridized carbons (Fsp3) is 0.200. The zero-order valence-corrected chi connectivity index (χ0v) is 15.3. The summed E-state index contributed by atoms with van der Waals surface area (Å²) < 4.78 is 5.17. The number of methoxy groups -OCH3 is 1. The van der Waals surface area contributed by atoms with Crippen LogP contribution in [0.5, 0.6) is 5.75 Å². The number of aryl methyl sites for hydroxylation is 1. The van der Waals surface area contributed by atoms with Crippen molar-refractivity contribution in [2.45, 2.75) is 13.8 Å². The minimum Gasteiger partial charge on any atom is -0.497 e. The summed E-state index contributed by atoms with van der Waals surface area (Å²) in [6.45, 7) is 4.59. The van der Waals surface area contributed by atoms with E-state index in [0.717, 1.165) is 22.6 Å². The molecule has 0 atom stereocenters. The number of amidine groups is 1. The van der Waals surface area contributed by atoms with Gasteiger partial charge >= 0.3 is 0 Å². The zero-order valence-electron chi connectivity index (χ0n) is 14.5. The van der Waals surface area contributed by atoms with Crippen molar-refractivity contribution in [1.82, 2.24) is 4.90 Å². The molecule has 0 aromatic heterocycles. The zero-order chi connectivity index (χ0) is 17.8. The van der Waals surface area contributed by atoms with E-state index in [4.69, 9.17) is 4.74 Å². The van der Waals surface area contributed by atoms with Gasteiger partial charge in [-0.15, -0.1) is 0 Å². The second kappa shape index (κ2) is 7.57. The third-order valence-corrected chi connectivity index (χ3v) is 4.98. The lowest BCUT2D eigenvalue weighted by Gasteiger charge is -2.12. The summed E-state index contributed by atoms with van der Waals surface area (Å²) in [7, 11) is 1.63. The Morgan fingerprint density at radius 1 is 1.16 bits per heavy atom. The number of benzene rings is 2. The number of rotatable bonds is 4. The number of amides is 1. The summed E-state index contributed by atoms with van der Waals surface area (Å²) in [5, 5.41) is 0.706. The molecule has 128 valence electrons. The summed E-state index contributed by atoms with van der Waals surface area (Å²) in [4.78, 5) is 19.7. The van der Waals surface area contributed by atoms with Crippen molar-refractivity contribution in [3.05, 3.63) is 64.6 Å². The molecule has 2 aromatic carbocycles. The highest BCUT2D eigenvalue weighted by Gasteiger charge is 2.32. The summed E-state index contributed by atoms with van der Waals surface area (Å²) >= 11 is 1.42. The van der Waals surface area contributed by atoms with E-state index in [1.54, 1.807) is 12.0 Å². The van der Waals surface area contributed by atoms with Gasteiger partial charge in [0, 0.05) is 6.54 Å². The highest BCUT2D eigenvalue weighted by atomic mass is 32.2. The summed E-state index contributed by atoms with van der Waals surface area (Å²) in [6.07, 6.45) is 1.95. The van der Waals surface area contributed by atoms with Crippen LogP contribution in [0.4, 0.5) is 5.69 Å². The number of aliphatic imine (C=N–C) groups is 1. The van der Waals surface area contributed by atoms with E-state index in [9.17, 15) is 4.79 Å². The Balaban J connectivity index is 1.92. The first-order valence-corrected chi connectivity index (χ1v) is 8.94. The van der Waals surface area contributed by atoms with E-state index in [1.807, 2.05) is 68.5 Å². The number of thioether (sulfide) groups is 1. The highest BCUT2D eigenvalue weighted by Crippen LogP contribution is 2.34. The molecule has 0 saturated carbocycles. The molecule has 0 N–H and O–H groups in total. The standard InChI is InChI=1S/C20H20N2O2S/c1-4-22-19(23)18(13-15-8-6-5-7-14(15)2)25-20(22)21-16-9-11-17(24-3)12-10-16/h5-13H,4H2,1-3H3/b18-13+,21-20?. The van der Waals surface area contributed by atoms with Gasteiger partial charge in [0.1, 0.15) is 5.75 Å². The van der Waals surface area contributed by atoms with Gasteiger partial charge in [-0.2, -0.15) is 0 Å². The maximum atomic E-state index is 12.7. The molecule has 1 aliphatic heterocycles. The van der Waals surface area contributed by atoms with E-state index in [0.29, 0.717) is 16.6 Å². The van der Waals surface area contributed by atoms with Gasteiger partial charge in [-0.1, -0.05) is 24.3 Å². The molecular formula is C20H20N2O2S. The second-order valence-corrected chi connectivity index (χ2v) is 6.62. The van der Waals surface area contributed by atoms with E-state index in [2.05, 4.69) is 4.99 Å². The van der Waals surface area contributed by atoms with Crippen LogP contribution in [0.25, 0.3) is 6.08 Å². The fourth-order valence-electron chi connectivity index (χ4n) is 2.53. The van der Waals surface area contributed by atoms with Crippen molar-refractivity contribution < 1.29 is 9.53 Å². The van der Waals surface area contributed by atoms with E-state index < -0.39 is 0 Å². The van der Waals surface area contributed by atoms with Crippen LogP contribution in [-0.2, 0) is 4.79 Å². The van der Waals surface area contributed by atoms with Crippen molar-refractivity contribution in [1.29, 1.82) is 0 Å². The quantitative estimate of drug-likeness (QED) is 0.754. The molecule has 0 spiro atoms. The lowest BCUT2D eigenvalue weighted by atomic mass is 10.1. The molecule has 0 radical (unpaired) electrons. The Labute approximate surface area is 152 Å². The summed E-state index contributed by atoms with van der Waals surface area (Å²) in [5.74, 6) is 0.787. The van der Waals surface area contributed by atoms with Gasteiger partial charge in [-0.25, -0.2) is 4.99 Å². The van der Waals surface area contributed by atoms with Gasteiger partial charge in [-0.3, -0.25) is 9.69 Å². The van der Waals surface area contributed by atoms with E-state index >= 15 is 0 Å². The van der Waals surface area contributed by atoms with Crippen LogP contribution in [0.1, 0.15) is 18.1 Å². The monoisotopic (exact) mass is 352 g/mol. The SMILES string of the molecule is CCN1C(=O)/C(=C\c2ccccc2C)SC1=Nc1ccc(OC)cc1. The van der Waals surface area contributed by atoms with Crippen molar-refractivity contribution in [3.63, 3.8) is 0 Å². The molecule has 25 heavy (non-hydrogen) atoms. The van der Waals surface area contributed by atoms with Crippen molar-refractivity contribution in [2.75, 3.05) is 13.7 Å². The predicted molar refractivity (Wildman–Crippen MR) is 104 cm³/mol. The van der Waals surface area contributed by atoms with Crippen molar-refractivity contribution >= 4 is 34.6 Å². The van der Waals surface area contributed by atoms with Crippen LogP contribution >= 0.6 is 11.8 Å². The number of ether oxygens (including phenoxy) is 1. The molecule has 4 nitrogen and oxygen atoms in total. The third kappa shape index (κ3) is 3.77. The van der Waals surface area contributed by atoms with Gasteiger partial charge in [0.25, 0.3) is 5.91 Å². The number of hydrogen-bond acceptors (Lipinski definition) is 4. The maximum Gasteiger partial charge on any atom is 0.266 e. The van der Waals surface area contributed by atoms with Crippen LogP contribution < -0.4 is 4.74 Å². The van der Waals surface area contributed by atoms with E-state index in [1.165, 1.54) is 11.8 Å². The fourth-order valence-corrected chi connectivity index (χ4v) is 3.58. The number of hydrogen-bond donors (Lipinski definition) is 0. The van der Waals surface area contributed by atoms with Crippen molar-refractivity contribution in [2.24, 2.45) is 4.99 Å². The van der Waals surface area contributed by atoms with Crippen LogP contribution in [0, 0.1) is 6.92 Å². The lowest BCUT2D eigenvalue weighted by Crippen LogP contribution is -2.28. The molecule has 1 saturated heterocycles. The molecule has 1 aliphatic rings. The second-order valence-electron chi connectivity index (χ2n) is 5.61. The maximum absolute atomic E-state index is 12.7. The summed E-state index contributed by atoms with van der Waals surface area (Å²) in [5.41, 5.74) is 3.00. The largest absolute Gasteiger partial charge is 0.497 e. The van der Waals surface area contributed by atoms with Crippen molar-refractivity contribution in [3.8, 4) is 5.75 Å². The Morgan fingerprint density at radius 3 is 2.52 bits per heavy atom. The highest BCUT2D eigenvalue weighted by molar-refractivity contribution is 8.18. The molecular weight excluding hydrogens is 332 g/mol. The van der Waals surface area contributed by atoms with Gasteiger partial charge in [0.05, 0.1) is 17.7 Å².